The second-order valence-electron chi connectivity index (χ2n) is 6.73. The van der Waals surface area contributed by atoms with Gasteiger partial charge in [-0.25, -0.2) is 4.98 Å². The Kier molecular flexibility index (Phi) is 6.54. The summed E-state index contributed by atoms with van der Waals surface area (Å²) in [4.78, 5) is 33.1. The van der Waals surface area contributed by atoms with Crippen LogP contribution in [0.5, 0.6) is 5.75 Å². The minimum atomic E-state index is -0.216. The summed E-state index contributed by atoms with van der Waals surface area (Å²) in [6, 6.07) is 6.84. The first-order chi connectivity index (χ1) is 13.8. The fourth-order valence-corrected chi connectivity index (χ4v) is 4.09. The number of methoxy groups -OCH3 is 1. The Morgan fingerprint density at radius 3 is 2.83 bits per heavy atom. The first-order valence-electron chi connectivity index (χ1n) is 9.22. The van der Waals surface area contributed by atoms with Gasteiger partial charge in [0.15, 0.2) is 5.16 Å². The third kappa shape index (κ3) is 4.59. The molecule has 2 N–H and O–H groups in total. The van der Waals surface area contributed by atoms with Crippen LogP contribution < -0.4 is 15.6 Å². The highest BCUT2D eigenvalue weighted by molar-refractivity contribution is 7.99. The number of aromatic nitrogens is 3. The van der Waals surface area contributed by atoms with Gasteiger partial charge < -0.3 is 15.0 Å². The lowest BCUT2D eigenvalue weighted by Crippen LogP contribution is -2.26. The second kappa shape index (κ2) is 8.92. The predicted molar refractivity (Wildman–Crippen MR) is 117 cm³/mol. The maximum atomic E-state index is 12.9. The topological polar surface area (TPSA) is 89.0 Å². The molecule has 1 amide bonds. The summed E-state index contributed by atoms with van der Waals surface area (Å²) in [5.74, 6) is 0.434. The van der Waals surface area contributed by atoms with Gasteiger partial charge in [0, 0.05) is 17.4 Å². The van der Waals surface area contributed by atoms with Gasteiger partial charge in [0.25, 0.3) is 5.56 Å². The molecule has 0 bridgehead atoms. The van der Waals surface area contributed by atoms with E-state index in [0.717, 1.165) is 12.1 Å². The summed E-state index contributed by atoms with van der Waals surface area (Å²) in [6.07, 6.45) is 0.775. The molecule has 0 aliphatic heterocycles. The van der Waals surface area contributed by atoms with Gasteiger partial charge in [-0.15, -0.1) is 0 Å². The molecule has 29 heavy (non-hydrogen) atoms. The normalized spacial score (nSPS) is 12.2. The molecular weight excluding hydrogens is 412 g/mol. The zero-order valence-corrected chi connectivity index (χ0v) is 18.3. The Morgan fingerprint density at radius 1 is 1.41 bits per heavy atom. The standard InChI is InChI=1S/C20H23ClN4O3S/c1-5-12(3)25-19(27)18-15(8-11(2)22-18)24-20(25)29-10-17(26)23-13-6-7-16(28-4)14(21)9-13/h6-9,12,22H,5,10H2,1-4H3,(H,23,26)/t12-/m0/s1. The number of fused-ring (bicyclic) bond motifs is 1. The summed E-state index contributed by atoms with van der Waals surface area (Å²) >= 11 is 7.34. The number of aromatic amines is 1. The molecule has 0 fully saturated rings. The van der Waals surface area contributed by atoms with Crippen molar-refractivity contribution in [3.8, 4) is 5.75 Å². The van der Waals surface area contributed by atoms with Gasteiger partial charge in [-0.1, -0.05) is 30.3 Å². The molecule has 0 aliphatic carbocycles. The van der Waals surface area contributed by atoms with Gasteiger partial charge in [-0.3, -0.25) is 14.2 Å². The number of halogens is 1. The summed E-state index contributed by atoms with van der Waals surface area (Å²) in [5, 5.41) is 3.74. The minimum Gasteiger partial charge on any atom is -0.495 e. The third-order valence-electron chi connectivity index (χ3n) is 4.59. The van der Waals surface area contributed by atoms with Gasteiger partial charge in [0.05, 0.1) is 23.4 Å². The Balaban J connectivity index is 1.81. The van der Waals surface area contributed by atoms with Crippen molar-refractivity contribution in [1.29, 1.82) is 0 Å². The lowest BCUT2D eigenvalue weighted by atomic mass is 10.2. The van der Waals surface area contributed by atoms with Gasteiger partial charge >= 0.3 is 0 Å². The second-order valence-corrected chi connectivity index (χ2v) is 8.08. The molecule has 0 radical (unpaired) electrons. The average Bonchev–Trinajstić information content (AvgIpc) is 3.06. The molecule has 1 aromatic carbocycles. The van der Waals surface area contributed by atoms with E-state index in [1.165, 1.54) is 18.9 Å². The number of anilines is 1. The molecule has 3 aromatic rings. The number of benzene rings is 1. The van der Waals surface area contributed by atoms with Crippen molar-refractivity contribution in [2.45, 2.75) is 38.4 Å². The number of nitrogens with one attached hydrogen (secondary N) is 2. The van der Waals surface area contributed by atoms with Crippen LogP contribution in [0.2, 0.25) is 5.02 Å². The van der Waals surface area contributed by atoms with Crippen LogP contribution >= 0.6 is 23.4 Å². The number of hydrogen-bond acceptors (Lipinski definition) is 5. The molecule has 9 heteroatoms. The first kappa shape index (κ1) is 21.3. The van der Waals surface area contributed by atoms with Crippen molar-refractivity contribution in [1.82, 2.24) is 14.5 Å². The van der Waals surface area contributed by atoms with E-state index in [2.05, 4.69) is 15.3 Å². The van der Waals surface area contributed by atoms with Crippen LogP contribution in [0.3, 0.4) is 0 Å². The fraction of sp³-hybridized carbons (Fsp3) is 0.350. The molecule has 154 valence electrons. The molecule has 7 nitrogen and oxygen atoms in total. The smallest absolute Gasteiger partial charge is 0.278 e. The van der Waals surface area contributed by atoms with E-state index in [1.54, 1.807) is 22.8 Å². The van der Waals surface area contributed by atoms with Gasteiger partial charge in [0.2, 0.25) is 5.91 Å². The van der Waals surface area contributed by atoms with Gasteiger partial charge in [0.1, 0.15) is 11.3 Å². The monoisotopic (exact) mass is 434 g/mol. The zero-order chi connectivity index (χ0) is 21.1. The van der Waals surface area contributed by atoms with Crippen LogP contribution in [0.4, 0.5) is 5.69 Å². The lowest BCUT2D eigenvalue weighted by Gasteiger charge is -2.17. The van der Waals surface area contributed by atoms with E-state index < -0.39 is 0 Å². The highest BCUT2D eigenvalue weighted by atomic mass is 35.5. The predicted octanol–water partition coefficient (Wildman–Crippen LogP) is 4.40. The number of ether oxygens (including phenoxy) is 1. The van der Waals surface area contributed by atoms with Crippen LogP contribution in [0, 0.1) is 6.92 Å². The number of rotatable bonds is 7. The van der Waals surface area contributed by atoms with Crippen molar-refractivity contribution in [2.24, 2.45) is 0 Å². The van der Waals surface area contributed by atoms with E-state index in [4.69, 9.17) is 16.3 Å². The number of thioether (sulfide) groups is 1. The Bertz CT molecular complexity index is 1110. The van der Waals surface area contributed by atoms with Crippen molar-refractivity contribution < 1.29 is 9.53 Å². The number of amides is 1. The maximum absolute atomic E-state index is 12.9. The Labute approximate surface area is 177 Å². The highest BCUT2D eigenvalue weighted by Gasteiger charge is 2.18. The van der Waals surface area contributed by atoms with Crippen LogP contribution in [0.25, 0.3) is 11.0 Å². The van der Waals surface area contributed by atoms with E-state index >= 15 is 0 Å². The van der Waals surface area contributed by atoms with Crippen molar-refractivity contribution >= 4 is 46.0 Å². The molecule has 0 saturated carbocycles. The fourth-order valence-electron chi connectivity index (χ4n) is 2.93. The number of hydrogen-bond donors (Lipinski definition) is 2. The van der Waals surface area contributed by atoms with Gasteiger partial charge in [-0.2, -0.15) is 0 Å². The molecule has 1 atom stereocenters. The molecule has 2 heterocycles. The van der Waals surface area contributed by atoms with Crippen LogP contribution in [0.15, 0.2) is 34.2 Å². The molecule has 0 spiro atoms. The number of aryl methyl sites for hydroxylation is 1. The number of carbonyl (C=O) groups excluding carboxylic acids is 1. The van der Waals surface area contributed by atoms with Crippen molar-refractivity contribution in [2.75, 3.05) is 18.2 Å². The molecule has 3 rings (SSSR count). The van der Waals surface area contributed by atoms with Crippen LogP contribution in [-0.2, 0) is 4.79 Å². The van der Waals surface area contributed by atoms with Gasteiger partial charge in [-0.05, 0) is 44.5 Å². The number of carbonyl (C=O) groups is 1. The van der Waals surface area contributed by atoms with E-state index in [0.29, 0.717) is 32.6 Å². The molecule has 0 aliphatic rings. The Morgan fingerprint density at radius 2 is 2.17 bits per heavy atom. The van der Waals surface area contributed by atoms with E-state index in [1.807, 2.05) is 26.8 Å². The third-order valence-corrected chi connectivity index (χ3v) is 5.83. The molecule has 0 unspecified atom stereocenters. The van der Waals surface area contributed by atoms with Crippen molar-refractivity contribution in [3.05, 3.63) is 45.3 Å². The van der Waals surface area contributed by atoms with Crippen LogP contribution in [0.1, 0.15) is 32.0 Å². The Hall–Kier alpha value is -2.45. The molecule has 2 aromatic heterocycles. The lowest BCUT2D eigenvalue weighted by molar-refractivity contribution is -0.113. The zero-order valence-electron chi connectivity index (χ0n) is 16.7. The summed E-state index contributed by atoms with van der Waals surface area (Å²) in [5.41, 5.74) is 2.42. The SMILES string of the molecule is CC[C@H](C)n1c(SCC(=O)Nc2ccc(OC)c(Cl)c2)nc2cc(C)[nH]c2c1=O. The van der Waals surface area contributed by atoms with E-state index in [-0.39, 0.29) is 23.3 Å². The summed E-state index contributed by atoms with van der Waals surface area (Å²) in [7, 11) is 1.53. The average molecular weight is 435 g/mol. The first-order valence-corrected chi connectivity index (χ1v) is 10.6. The largest absolute Gasteiger partial charge is 0.495 e. The molecule has 0 saturated heterocycles. The summed E-state index contributed by atoms with van der Waals surface area (Å²) in [6.45, 7) is 5.86. The van der Waals surface area contributed by atoms with Crippen LogP contribution in [-0.4, -0.2) is 33.3 Å². The number of nitrogens with zero attached hydrogens (tertiary/aromatic N) is 2. The number of H-pyrrole nitrogens is 1. The van der Waals surface area contributed by atoms with Crippen molar-refractivity contribution in [3.63, 3.8) is 0 Å². The highest BCUT2D eigenvalue weighted by Crippen LogP contribution is 2.28. The quantitative estimate of drug-likeness (QED) is 0.425. The maximum Gasteiger partial charge on any atom is 0.278 e. The molecular formula is C20H23ClN4O3S. The minimum absolute atomic E-state index is 0.0334. The summed E-state index contributed by atoms with van der Waals surface area (Å²) < 4.78 is 6.77. The van der Waals surface area contributed by atoms with E-state index in [9.17, 15) is 9.59 Å².